The molecule has 126 valence electrons. The molecule has 1 N–H and O–H groups in total. The molecule has 0 unspecified atom stereocenters. The van der Waals surface area contributed by atoms with Gasteiger partial charge in [-0.25, -0.2) is 4.39 Å². The molecule has 2 heterocycles. The zero-order valence-electron chi connectivity index (χ0n) is 13.3. The van der Waals surface area contributed by atoms with Crippen molar-refractivity contribution in [3.8, 4) is 5.75 Å². The van der Waals surface area contributed by atoms with Crippen LogP contribution in [0.2, 0.25) is 0 Å². The largest absolute Gasteiger partial charge is 0.507 e. The molecule has 0 radical (unpaired) electrons. The summed E-state index contributed by atoms with van der Waals surface area (Å²) < 4.78 is 15.5. The lowest BCUT2D eigenvalue weighted by atomic mass is 10.0. The Morgan fingerprint density at radius 1 is 1.42 bits per heavy atom. The van der Waals surface area contributed by atoms with E-state index in [1.807, 2.05) is 0 Å². The predicted molar refractivity (Wildman–Crippen MR) is 84.3 cm³/mol. The number of aromatic nitrogens is 2. The van der Waals surface area contributed by atoms with Gasteiger partial charge >= 0.3 is 0 Å². The topological polar surface area (TPSA) is 75.4 Å². The number of aryl methyl sites for hydroxylation is 1. The Morgan fingerprint density at radius 3 is 2.88 bits per heavy atom. The van der Waals surface area contributed by atoms with E-state index >= 15 is 0 Å². The summed E-state index contributed by atoms with van der Waals surface area (Å²) in [5, 5.41) is 13.8. The van der Waals surface area contributed by atoms with Crippen LogP contribution >= 0.6 is 0 Å². The van der Waals surface area contributed by atoms with Crippen LogP contribution in [0, 0.1) is 5.82 Å². The Labute approximate surface area is 138 Å². The number of likely N-dealkylation sites (tertiary alicyclic amines) is 1. The molecule has 0 aliphatic carbocycles. The number of nitrogens with zero attached hydrogens (tertiary/aromatic N) is 3. The number of aromatic hydroxyl groups is 1. The maximum absolute atomic E-state index is 13.9. The predicted octanol–water partition coefficient (Wildman–Crippen LogP) is 2.14. The number of phenolic OH excluding ortho intramolecular Hbond substituents is 1. The molecule has 0 spiro atoms. The molecular formula is C17H18FN3O3. The summed E-state index contributed by atoms with van der Waals surface area (Å²) in [5.41, 5.74) is 0.156. The van der Waals surface area contributed by atoms with E-state index in [9.17, 15) is 19.1 Å². The van der Waals surface area contributed by atoms with Gasteiger partial charge in [0.05, 0.1) is 11.8 Å². The highest BCUT2D eigenvalue weighted by atomic mass is 19.1. The first-order valence-corrected chi connectivity index (χ1v) is 7.77. The van der Waals surface area contributed by atoms with Gasteiger partial charge in [0.15, 0.2) is 5.78 Å². The van der Waals surface area contributed by atoms with Gasteiger partial charge in [0, 0.05) is 32.3 Å². The van der Waals surface area contributed by atoms with Gasteiger partial charge in [-0.1, -0.05) is 6.07 Å². The van der Waals surface area contributed by atoms with Gasteiger partial charge in [-0.2, -0.15) is 5.10 Å². The third-order valence-corrected chi connectivity index (χ3v) is 4.29. The highest BCUT2D eigenvalue weighted by Gasteiger charge is 2.33. The fourth-order valence-electron chi connectivity index (χ4n) is 3.08. The highest BCUT2D eigenvalue weighted by molar-refractivity contribution is 5.99. The summed E-state index contributed by atoms with van der Waals surface area (Å²) in [5.74, 6) is -1.83. The maximum atomic E-state index is 13.9. The number of rotatable bonds is 4. The first-order valence-electron chi connectivity index (χ1n) is 7.77. The van der Waals surface area contributed by atoms with E-state index in [1.54, 1.807) is 17.9 Å². The van der Waals surface area contributed by atoms with Crippen molar-refractivity contribution in [2.45, 2.75) is 25.3 Å². The van der Waals surface area contributed by atoms with Crippen molar-refractivity contribution in [1.29, 1.82) is 0 Å². The van der Waals surface area contributed by atoms with Crippen LogP contribution in [0.3, 0.4) is 0 Å². The van der Waals surface area contributed by atoms with Gasteiger partial charge in [0.25, 0.3) is 5.91 Å². The van der Waals surface area contributed by atoms with Crippen molar-refractivity contribution in [2.24, 2.45) is 7.05 Å². The van der Waals surface area contributed by atoms with Gasteiger partial charge in [-0.15, -0.1) is 0 Å². The summed E-state index contributed by atoms with van der Waals surface area (Å²) in [7, 11) is 1.73. The SMILES string of the molecule is Cn1cc(C(=O)C[C@H]2CCCN2C(=O)c2c(O)cccc2F)cn1. The number of Topliss-reactive ketones (excluding diaryl/α,β-unsaturated/α-hetero) is 1. The molecule has 1 saturated heterocycles. The summed E-state index contributed by atoms with van der Waals surface area (Å²) in [6.07, 6.45) is 4.70. The highest BCUT2D eigenvalue weighted by Crippen LogP contribution is 2.28. The lowest BCUT2D eigenvalue weighted by molar-refractivity contribution is 0.0710. The van der Waals surface area contributed by atoms with E-state index in [-0.39, 0.29) is 29.6 Å². The standard InChI is InChI=1S/C17H18FN3O3/c1-20-10-11(9-19-20)15(23)8-12-4-3-7-21(12)17(24)16-13(18)5-2-6-14(16)22/h2,5-6,9-10,12,22H,3-4,7-8H2,1H3/t12-/m1/s1. The fraction of sp³-hybridized carbons (Fsp3) is 0.353. The first-order chi connectivity index (χ1) is 11.5. The second kappa shape index (κ2) is 6.43. The lowest BCUT2D eigenvalue weighted by Crippen LogP contribution is -2.37. The number of hydrogen-bond acceptors (Lipinski definition) is 4. The van der Waals surface area contributed by atoms with Crippen molar-refractivity contribution in [3.05, 3.63) is 47.5 Å². The lowest BCUT2D eigenvalue weighted by Gasteiger charge is -2.24. The van der Waals surface area contributed by atoms with Gasteiger partial charge < -0.3 is 10.0 Å². The minimum atomic E-state index is -0.760. The van der Waals surface area contributed by atoms with Crippen LogP contribution in [0.1, 0.15) is 40.0 Å². The molecule has 1 aliphatic rings. The minimum Gasteiger partial charge on any atom is -0.507 e. The average Bonchev–Trinajstić information content (AvgIpc) is 3.16. The summed E-state index contributed by atoms with van der Waals surface area (Å²) >= 11 is 0. The van der Waals surface area contributed by atoms with Gasteiger partial charge in [-0.3, -0.25) is 14.3 Å². The molecule has 1 aromatic heterocycles. The maximum Gasteiger partial charge on any atom is 0.260 e. The molecule has 2 aromatic rings. The second-order valence-corrected chi connectivity index (χ2v) is 5.96. The molecule has 1 aromatic carbocycles. The van der Waals surface area contributed by atoms with Crippen molar-refractivity contribution in [3.63, 3.8) is 0 Å². The van der Waals surface area contributed by atoms with E-state index in [0.717, 1.165) is 12.5 Å². The van der Waals surface area contributed by atoms with Crippen LogP contribution in [0.25, 0.3) is 0 Å². The molecule has 1 amide bonds. The quantitative estimate of drug-likeness (QED) is 0.871. The Bertz CT molecular complexity index is 767. The van der Waals surface area contributed by atoms with Gasteiger partial charge in [0.1, 0.15) is 17.1 Å². The van der Waals surface area contributed by atoms with Crippen LogP contribution in [0.15, 0.2) is 30.6 Å². The monoisotopic (exact) mass is 331 g/mol. The smallest absolute Gasteiger partial charge is 0.260 e. The third kappa shape index (κ3) is 3.02. The molecule has 1 atom stereocenters. The molecule has 0 bridgehead atoms. The van der Waals surface area contributed by atoms with Crippen molar-refractivity contribution in [1.82, 2.24) is 14.7 Å². The molecule has 1 aliphatic heterocycles. The number of phenols is 1. The van der Waals surface area contributed by atoms with Crippen molar-refractivity contribution < 1.29 is 19.1 Å². The Kier molecular flexibility index (Phi) is 4.33. The molecule has 3 rings (SSSR count). The van der Waals surface area contributed by atoms with Crippen LogP contribution < -0.4 is 0 Å². The van der Waals surface area contributed by atoms with E-state index in [2.05, 4.69) is 5.10 Å². The number of carbonyl (C=O) groups excluding carboxylic acids is 2. The summed E-state index contributed by atoms with van der Waals surface area (Å²) in [6, 6.07) is 3.46. The number of carbonyl (C=O) groups is 2. The number of benzene rings is 1. The molecule has 1 fully saturated rings. The van der Waals surface area contributed by atoms with Gasteiger partial charge in [0.2, 0.25) is 0 Å². The zero-order valence-corrected chi connectivity index (χ0v) is 13.3. The van der Waals surface area contributed by atoms with E-state index in [0.29, 0.717) is 18.5 Å². The van der Waals surface area contributed by atoms with Crippen LogP contribution in [-0.2, 0) is 7.05 Å². The molecule has 6 nitrogen and oxygen atoms in total. The number of amides is 1. The Morgan fingerprint density at radius 2 is 2.21 bits per heavy atom. The van der Waals surface area contributed by atoms with Crippen LogP contribution in [0.4, 0.5) is 4.39 Å². The van der Waals surface area contributed by atoms with Gasteiger partial charge in [-0.05, 0) is 25.0 Å². The number of ketones is 1. The van der Waals surface area contributed by atoms with E-state index in [4.69, 9.17) is 0 Å². The summed E-state index contributed by atoms with van der Waals surface area (Å²) in [4.78, 5) is 26.4. The molecule has 0 saturated carbocycles. The normalized spacial score (nSPS) is 17.2. The van der Waals surface area contributed by atoms with Crippen molar-refractivity contribution in [2.75, 3.05) is 6.54 Å². The summed E-state index contributed by atoms with van der Waals surface area (Å²) in [6.45, 7) is 0.442. The van der Waals surface area contributed by atoms with Crippen LogP contribution in [-0.4, -0.2) is 44.1 Å². The average molecular weight is 331 g/mol. The first kappa shape index (κ1) is 16.2. The second-order valence-electron chi connectivity index (χ2n) is 5.96. The Hall–Kier alpha value is -2.70. The molecular weight excluding hydrogens is 313 g/mol. The fourth-order valence-corrected chi connectivity index (χ4v) is 3.08. The third-order valence-electron chi connectivity index (χ3n) is 4.29. The van der Waals surface area contributed by atoms with Crippen LogP contribution in [0.5, 0.6) is 5.75 Å². The molecule has 7 heteroatoms. The minimum absolute atomic E-state index is 0.106. The Balaban J connectivity index is 1.78. The number of halogens is 1. The van der Waals surface area contributed by atoms with E-state index in [1.165, 1.54) is 23.2 Å². The van der Waals surface area contributed by atoms with E-state index < -0.39 is 11.7 Å². The number of hydrogen-bond donors (Lipinski definition) is 1. The zero-order chi connectivity index (χ0) is 17.3. The molecule has 24 heavy (non-hydrogen) atoms. The van der Waals surface area contributed by atoms with Crippen molar-refractivity contribution >= 4 is 11.7 Å².